The second-order valence-electron chi connectivity index (χ2n) is 10.1. The van der Waals surface area contributed by atoms with Gasteiger partial charge >= 0.3 is 0 Å². The first-order chi connectivity index (χ1) is 22.4. The van der Waals surface area contributed by atoms with Crippen LogP contribution in [-0.4, -0.2) is 31.6 Å². The van der Waals surface area contributed by atoms with E-state index < -0.39 is 9.85 Å². The summed E-state index contributed by atoms with van der Waals surface area (Å²) in [5.41, 5.74) is 5.42. The molecule has 0 atom stereocenters. The number of Topliss-reactive ketones (excluding diaryl/α,β-unsaturated/α-hetero) is 1. The quantitative estimate of drug-likeness (QED) is 0.0610. The van der Waals surface area contributed by atoms with Crippen LogP contribution in [0.1, 0.15) is 64.9 Å². The van der Waals surface area contributed by atoms with Crippen LogP contribution in [0, 0.1) is 34.1 Å². The number of aryl methyl sites for hydroxylation is 2. The highest BCUT2D eigenvalue weighted by Crippen LogP contribution is 2.20. The van der Waals surface area contributed by atoms with Gasteiger partial charge in [0.15, 0.2) is 5.78 Å². The van der Waals surface area contributed by atoms with Crippen molar-refractivity contribution in [3.8, 4) is 11.5 Å². The molecule has 4 N–H and O–H groups in total. The summed E-state index contributed by atoms with van der Waals surface area (Å²) in [4.78, 5) is 40.8. The second-order valence-corrected chi connectivity index (χ2v) is 10.1. The molecule has 256 valence electrons. The minimum Gasteiger partial charge on any atom is -0.508 e. The van der Waals surface area contributed by atoms with Crippen LogP contribution in [0.25, 0.3) is 0 Å². The van der Waals surface area contributed by atoms with Gasteiger partial charge in [0, 0.05) is 41.8 Å². The molecule has 0 saturated carbocycles. The van der Waals surface area contributed by atoms with E-state index in [0.29, 0.717) is 18.4 Å². The fraction of sp³-hybridized carbons (Fsp3) is 0.235. The zero-order valence-corrected chi connectivity index (χ0v) is 27.8. The van der Waals surface area contributed by atoms with E-state index in [1.807, 2.05) is 26.0 Å². The number of nitrogens with two attached hydrogens (primary N) is 1. The number of oxime groups is 1. The molecule has 0 saturated heterocycles. The highest BCUT2D eigenvalue weighted by molar-refractivity contribution is 6.00. The third-order valence-corrected chi connectivity index (χ3v) is 6.68. The summed E-state index contributed by atoms with van der Waals surface area (Å²) < 4.78 is 0. The maximum absolute atomic E-state index is 11.2. The Labute approximate surface area is 284 Å². The minimum atomic E-state index is -0.451. The van der Waals surface area contributed by atoms with Gasteiger partial charge in [0.2, 0.25) is 0 Å². The van der Waals surface area contributed by atoms with Crippen LogP contribution < -0.4 is 5.90 Å². The van der Waals surface area contributed by atoms with Crippen molar-refractivity contribution in [1.29, 1.82) is 0 Å². The van der Waals surface area contributed by atoms with Crippen molar-refractivity contribution < 1.29 is 34.5 Å². The highest BCUT2D eigenvalue weighted by Gasteiger charge is 2.07. The number of hydrogen-bond donors (Lipinski definition) is 3. The topological polar surface area (TPSA) is 201 Å². The molecule has 0 aliphatic heterocycles. The Morgan fingerprint density at radius 3 is 1.56 bits per heavy atom. The standard InChI is InChI=1S/C17H18N2O4.C10H12O2.C7H8N2O3.ClH/c1-3-16(14-7-4-12(2)17(20)10-14)18-23-11-13-5-8-15(9-6-13)19(21)22;1-3-9(11)8-5-4-7(2)10(12)6-8;8-12-5-6-1-3-7(4-2-6)9(10)11;/h4-10,20H,3,11H2,1-2H3;4-6,12H,3H2,1-2H3;1-4H,5,8H2;1H. The Morgan fingerprint density at radius 2 is 1.17 bits per heavy atom. The third kappa shape index (κ3) is 13.2. The first-order valence-electron chi connectivity index (χ1n) is 14.5. The molecular formula is C34H39ClN4O9. The molecule has 48 heavy (non-hydrogen) atoms. The molecule has 0 heterocycles. The summed E-state index contributed by atoms with van der Waals surface area (Å²) in [7, 11) is 0. The summed E-state index contributed by atoms with van der Waals surface area (Å²) in [6.07, 6.45) is 1.13. The van der Waals surface area contributed by atoms with Crippen LogP contribution in [0.2, 0.25) is 0 Å². The van der Waals surface area contributed by atoms with E-state index in [0.717, 1.165) is 33.5 Å². The number of non-ortho nitro benzene ring substituents is 2. The number of carbonyl (C=O) groups excluding carboxylic acids is 1. The molecular weight excluding hydrogens is 644 g/mol. The average molecular weight is 683 g/mol. The Morgan fingerprint density at radius 1 is 0.729 bits per heavy atom. The van der Waals surface area contributed by atoms with Crippen molar-refractivity contribution in [3.63, 3.8) is 0 Å². The predicted molar refractivity (Wildman–Crippen MR) is 184 cm³/mol. The maximum Gasteiger partial charge on any atom is 0.269 e. The summed E-state index contributed by atoms with van der Waals surface area (Å²) in [6, 6.07) is 22.5. The largest absolute Gasteiger partial charge is 0.508 e. The number of rotatable bonds is 11. The van der Waals surface area contributed by atoms with E-state index in [1.54, 1.807) is 56.3 Å². The van der Waals surface area contributed by atoms with Gasteiger partial charge in [-0.2, -0.15) is 0 Å². The maximum atomic E-state index is 11.2. The second kappa shape index (κ2) is 20.7. The van der Waals surface area contributed by atoms with Gasteiger partial charge in [0.05, 0.1) is 22.2 Å². The van der Waals surface area contributed by atoms with Gasteiger partial charge in [0.1, 0.15) is 18.1 Å². The predicted octanol–water partition coefficient (Wildman–Crippen LogP) is 7.64. The van der Waals surface area contributed by atoms with Gasteiger partial charge in [-0.25, -0.2) is 5.90 Å². The van der Waals surface area contributed by atoms with E-state index in [9.17, 15) is 35.2 Å². The van der Waals surface area contributed by atoms with Crippen molar-refractivity contribution in [2.45, 2.75) is 53.8 Å². The molecule has 0 unspecified atom stereocenters. The van der Waals surface area contributed by atoms with E-state index >= 15 is 0 Å². The SMILES string of the molecule is CCC(=NOCc1ccc([N+](=O)[O-])cc1)c1ccc(C)c(O)c1.CCC(=O)c1ccc(C)c(O)c1.Cl.NOCc1ccc([N+](=O)[O-])cc1. The number of nitro groups is 2. The summed E-state index contributed by atoms with van der Waals surface area (Å²) in [5.74, 6) is 5.30. The van der Waals surface area contributed by atoms with Gasteiger partial charge in [-0.15, -0.1) is 12.4 Å². The summed E-state index contributed by atoms with van der Waals surface area (Å²) >= 11 is 0. The number of hydrogen-bond acceptors (Lipinski definition) is 11. The number of halogens is 1. The Balaban J connectivity index is 0.000000390. The molecule has 0 aliphatic carbocycles. The van der Waals surface area contributed by atoms with Crippen molar-refractivity contribution in [1.82, 2.24) is 0 Å². The number of nitro benzene ring substituents is 2. The fourth-order valence-corrected chi connectivity index (χ4v) is 3.81. The molecule has 0 amide bonds. The molecule has 0 radical (unpaired) electrons. The average Bonchev–Trinajstić information content (AvgIpc) is 3.06. The fourth-order valence-electron chi connectivity index (χ4n) is 3.81. The van der Waals surface area contributed by atoms with E-state index in [-0.39, 0.29) is 54.3 Å². The number of phenolic OH excluding ortho intramolecular Hbond substituents is 2. The van der Waals surface area contributed by atoms with Gasteiger partial charge in [-0.3, -0.25) is 29.9 Å². The molecule has 0 fully saturated rings. The lowest BCUT2D eigenvalue weighted by Crippen LogP contribution is -2.01. The van der Waals surface area contributed by atoms with Crippen LogP contribution in [0.3, 0.4) is 0 Å². The molecule has 4 aromatic carbocycles. The first kappa shape index (κ1) is 40.7. The van der Waals surface area contributed by atoms with Crippen LogP contribution in [0.4, 0.5) is 11.4 Å². The lowest BCUT2D eigenvalue weighted by atomic mass is 10.1. The number of aromatic hydroxyl groups is 2. The zero-order chi connectivity index (χ0) is 34.9. The van der Waals surface area contributed by atoms with Gasteiger partial charge < -0.3 is 15.1 Å². The smallest absolute Gasteiger partial charge is 0.269 e. The Kier molecular flexibility index (Phi) is 17.5. The number of benzene rings is 4. The number of ketones is 1. The van der Waals surface area contributed by atoms with Crippen molar-refractivity contribution in [2.24, 2.45) is 11.1 Å². The Bertz CT molecular complexity index is 1680. The molecule has 14 heteroatoms. The van der Waals surface area contributed by atoms with Gasteiger partial charge in [-0.05, 0) is 78.9 Å². The van der Waals surface area contributed by atoms with Crippen LogP contribution in [0.15, 0.2) is 90.1 Å². The molecule has 0 bridgehead atoms. The van der Waals surface area contributed by atoms with Gasteiger partial charge in [-0.1, -0.05) is 43.3 Å². The first-order valence-corrected chi connectivity index (χ1v) is 14.5. The van der Waals surface area contributed by atoms with E-state index in [2.05, 4.69) is 9.99 Å². The normalized spacial score (nSPS) is 10.3. The number of phenols is 2. The number of carbonyl (C=O) groups is 1. The van der Waals surface area contributed by atoms with Crippen LogP contribution in [0.5, 0.6) is 11.5 Å². The lowest BCUT2D eigenvalue weighted by Gasteiger charge is -2.07. The van der Waals surface area contributed by atoms with Crippen LogP contribution >= 0.6 is 12.4 Å². The van der Waals surface area contributed by atoms with E-state index in [4.69, 9.17) is 10.7 Å². The summed E-state index contributed by atoms with van der Waals surface area (Å²) in [5, 5.41) is 44.0. The summed E-state index contributed by atoms with van der Waals surface area (Å²) in [6.45, 7) is 7.87. The zero-order valence-electron chi connectivity index (χ0n) is 27.0. The molecule has 0 spiro atoms. The molecule has 0 aliphatic rings. The highest BCUT2D eigenvalue weighted by atomic mass is 35.5. The van der Waals surface area contributed by atoms with Gasteiger partial charge in [0.25, 0.3) is 11.4 Å². The molecule has 4 aromatic rings. The molecule has 0 aromatic heterocycles. The van der Waals surface area contributed by atoms with Crippen LogP contribution in [-0.2, 0) is 22.9 Å². The van der Waals surface area contributed by atoms with Crippen molar-refractivity contribution in [2.75, 3.05) is 0 Å². The lowest BCUT2D eigenvalue weighted by molar-refractivity contribution is -0.385. The molecule has 13 nitrogen and oxygen atoms in total. The monoisotopic (exact) mass is 682 g/mol. The third-order valence-electron chi connectivity index (χ3n) is 6.68. The number of nitrogens with zero attached hydrogens (tertiary/aromatic N) is 3. The Hall–Kier alpha value is -5.37. The van der Waals surface area contributed by atoms with Crippen molar-refractivity contribution >= 4 is 35.3 Å². The molecule has 4 rings (SSSR count). The minimum absolute atomic E-state index is 0. The van der Waals surface area contributed by atoms with Crippen molar-refractivity contribution in [3.05, 3.63) is 139 Å². The van der Waals surface area contributed by atoms with E-state index in [1.165, 1.54) is 30.3 Å².